The van der Waals surface area contributed by atoms with Crippen LogP contribution in [0.5, 0.6) is 0 Å². The van der Waals surface area contributed by atoms with Gasteiger partial charge in [-0.25, -0.2) is 0 Å². The molecule has 4 heteroatoms. The first-order valence-electron chi connectivity index (χ1n) is 11.6. The first kappa shape index (κ1) is 22.2. The van der Waals surface area contributed by atoms with Gasteiger partial charge in [0.15, 0.2) is 0 Å². The molecule has 0 aromatic carbocycles. The molecule has 0 aromatic rings. The largest absolute Gasteiger partial charge is 0.466 e. The minimum Gasteiger partial charge on any atom is -0.466 e. The van der Waals surface area contributed by atoms with Gasteiger partial charge in [-0.3, -0.25) is 9.59 Å². The summed E-state index contributed by atoms with van der Waals surface area (Å²) in [5, 5.41) is 0. The van der Waals surface area contributed by atoms with Crippen molar-refractivity contribution in [3.8, 4) is 0 Å². The molecule has 0 radical (unpaired) electrons. The number of esters is 1. The van der Waals surface area contributed by atoms with Gasteiger partial charge in [-0.1, -0.05) is 51.9 Å². The van der Waals surface area contributed by atoms with Crippen LogP contribution in [0.3, 0.4) is 0 Å². The van der Waals surface area contributed by atoms with Crippen LogP contribution < -0.4 is 0 Å². The molecule has 0 atom stereocenters. The highest BCUT2D eigenvalue weighted by Crippen LogP contribution is 2.34. The predicted octanol–water partition coefficient (Wildman–Crippen LogP) is 5.49. The van der Waals surface area contributed by atoms with Gasteiger partial charge in [0, 0.05) is 18.5 Å². The molecule has 2 aliphatic rings. The van der Waals surface area contributed by atoms with Gasteiger partial charge in [-0.05, 0) is 51.4 Å². The summed E-state index contributed by atoms with van der Waals surface area (Å²) in [6.07, 6.45) is 15.9. The smallest absolute Gasteiger partial charge is 0.307 e. The standard InChI is InChI=1S/C23H41NO3/c1-3-5-10-19-13-15-20(16-14-19)23(26)24(18-17-22(25)27-4-2)21-11-8-6-7-9-12-21/h19-21H,3-18H2,1-2H3. The van der Waals surface area contributed by atoms with Gasteiger partial charge in [0.1, 0.15) is 0 Å². The van der Waals surface area contributed by atoms with Crippen molar-refractivity contribution < 1.29 is 14.3 Å². The van der Waals surface area contributed by atoms with Crippen LogP contribution in [0.4, 0.5) is 0 Å². The summed E-state index contributed by atoms with van der Waals surface area (Å²) in [6, 6.07) is 0.326. The number of hydrogen-bond donors (Lipinski definition) is 0. The van der Waals surface area contributed by atoms with Gasteiger partial charge in [0.25, 0.3) is 0 Å². The topological polar surface area (TPSA) is 46.6 Å². The molecule has 0 bridgehead atoms. The molecular weight excluding hydrogens is 338 g/mol. The van der Waals surface area contributed by atoms with Crippen LogP contribution in [0.2, 0.25) is 0 Å². The van der Waals surface area contributed by atoms with Crippen LogP contribution in [0.1, 0.15) is 104 Å². The molecule has 0 N–H and O–H groups in total. The third-order valence-electron chi connectivity index (χ3n) is 6.57. The Morgan fingerprint density at radius 3 is 2.19 bits per heavy atom. The zero-order chi connectivity index (χ0) is 19.5. The van der Waals surface area contributed by atoms with Gasteiger partial charge in [0.05, 0.1) is 13.0 Å². The molecule has 0 aromatic heterocycles. The molecule has 2 rings (SSSR count). The van der Waals surface area contributed by atoms with Crippen molar-refractivity contribution in [1.82, 2.24) is 4.90 Å². The van der Waals surface area contributed by atoms with Gasteiger partial charge in [0.2, 0.25) is 5.91 Å². The van der Waals surface area contributed by atoms with E-state index >= 15 is 0 Å². The lowest BCUT2D eigenvalue weighted by Gasteiger charge is -2.36. The van der Waals surface area contributed by atoms with Gasteiger partial charge < -0.3 is 9.64 Å². The summed E-state index contributed by atoms with van der Waals surface area (Å²) < 4.78 is 5.10. The molecule has 0 spiro atoms. The maximum absolute atomic E-state index is 13.4. The molecular formula is C23H41NO3. The minimum atomic E-state index is -0.174. The Balaban J connectivity index is 1.94. The lowest BCUT2D eigenvalue weighted by molar-refractivity contribution is -0.145. The predicted molar refractivity (Wildman–Crippen MR) is 109 cm³/mol. The first-order chi connectivity index (χ1) is 13.2. The van der Waals surface area contributed by atoms with Crippen molar-refractivity contribution in [2.45, 2.75) is 110 Å². The molecule has 0 saturated heterocycles. The SMILES string of the molecule is CCCCC1CCC(C(=O)N(CCC(=O)OCC)C2CCCCCC2)CC1. The maximum Gasteiger partial charge on any atom is 0.307 e. The monoisotopic (exact) mass is 379 g/mol. The van der Waals surface area contributed by atoms with Gasteiger partial charge in [-0.2, -0.15) is 0 Å². The second-order valence-electron chi connectivity index (χ2n) is 8.59. The third kappa shape index (κ3) is 7.46. The average Bonchev–Trinajstić information content (AvgIpc) is 2.96. The van der Waals surface area contributed by atoms with E-state index in [1.807, 2.05) is 6.92 Å². The molecule has 2 aliphatic carbocycles. The molecule has 0 heterocycles. The summed E-state index contributed by atoms with van der Waals surface area (Å²) in [7, 11) is 0. The average molecular weight is 380 g/mol. The molecule has 0 aliphatic heterocycles. The fourth-order valence-corrected chi connectivity index (χ4v) is 4.91. The number of unbranched alkanes of at least 4 members (excludes halogenated alkanes) is 1. The van der Waals surface area contributed by atoms with Crippen LogP contribution in [0, 0.1) is 11.8 Å². The van der Waals surface area contributed by atoms with Gasteiger partial charge >= 0.3 is 5.97 Å². The van der Waals surface area contributed by atoms with E-state index in [1.54, 1.807) is 0 Å². The Bertz CT molecular complexity index is 435. The quantitative estimate of drug-likeness (QED) is 0.393. The number of ether oxygens (including phenoxy) is 1. The fourth-order valence-electron chi connectivity index (χ4n) is 4.91. The molecule has 1 amide bonds. The van der Waals surface area contributed by atoms with Crippen molar-refractivity contribution in [1.29, 1.82) is 0 Å². The van der Waals surface area contributed by atoms with Crippen LogP contribution in [0.25, 0.3) is 0 Å². The Kier molecular flexibility index (Phi) is 10.2. The number of amides is 1. The number of nitrogens with zero attached hydrogens (tertiary/aromatic N) is 1. The van der Waals surface area contributed by atoms with Crippen molar-refractivity contribution in [3.05, 3.63) is 0 Å². The summed E-state index contributed by atoms with van der Waals surface area (Å²) in [5.74, 6) is 1.14. The Morgan fingerprint density at radius 1 is 0.926 bits per heavy atom. The van der Waals surface area contributed by atoms with E-state index in [2.05, 4.69) is 11.8 Å². The Morgan fingerprint density at radius 2 is 1.59 bits per heavy atom. The highest BCUT2D eigenvalue weighted by Gasteiger charge is 2.33. The van der Waals surface area contributed by atoms with Crippen molar-refractivity contribution in [2.75, 3.05) is 13.2 Å². The van der Waals surface area contributed by atoms with E-state index in [9.17, 15) is 9.59 Å². The number of carbonyl (C=O) groups is 2. The fraction of sp³-hybridized carbons (Fsp3) is 0.913. The number of rotatable bonds is 9. The van der Waals surface area contributed by atoms with Crippen LogP contribution in [-0.4, -0.2) is 36.0 Å². The maximum atomic E-state index is 13.4. The highest BCUT2D eigenvalue weighted by atomic mass is 16.5. The molecule has 2 fully saturated rings. The van der Waals surface area contributed by atoms with E-state index in [0.29, 0.717) is 31.5 Å². The summed E-state index contributed by atoms with van der Waals surface area (Å²) >= 11 is 0. The van der Waals surface area contributed by atoms with Crippen molar-refractivity contribution >= 4 is 11.9 Å². The normalized spacial score (nSPS) is 24.2. The number of hydrogen-bond acceptors (Lipinski definition) is 3. The van der Waals surface area contributed by atoms with E-state index < -0.39 is 0 Å². The van der Waals surface area contributed by atoms with Crippen molar-refractivity contribution in [2.24, 2.45) is 11.8 Å². The van der Waals surface area contributed by atoms with Crippen LogP contribution in [0.15, 0.2) is 0 Å². The second kappa shape index (κ2) is 12.4. The first-order valence-corrected chi connectivity index (χ1v) is 11.6. The zero-order valence-electron chi connectivity index (χ0n) is 17.7. The Hall–Kier alpha value is -1.06. The van der Waals surface area contributed by atoms with Gasteiger partial charge in [-0.15, -0.1) is 0 Å². The minimum absolute atomic E-state index is 0.174. The van der Waals surface area contributed by atoms with Crippen LogP contribution >= 0.6 is 0 Å². The molecule has 156 valence electrons. The lowest BCUT2D eigenvalue weighted by atomic mass is 9.79. The Labute approximate surface area is 166 Å². The zero-order valence-corrected chi connectivity index (χ0v) is 17.7. The van der Waals surface area contributed by atoms with E-state index in [-0.39, 0.29) is 11.9 Å². The summed E-state index contributed by atoms with van der Waals surface area (Å²) in [5.41, 5.74) is 0. The molecule has 2 saturated carbocycles. The third-order valence-corrected chi connectivity index (χ3v) is 6.57. The summed E-state index contributed by atoms with van der Waals surface area (Å²) in [4.78, 5) is 27.3. The number of carbonyl (C=O) groups excluding carboxylic acids is 2. The highest BCUT2D eigenvalue weighted by molar-refractivity contribution is 5.80. The van der Waals surface area contributed by atoms with E-state index in [4.69, 9.17) is 4.74 Å². The lowest BCUT2D eigenvalue weighted by Crippen LogP contribution is -2.45. The molecule has 0 unspecified atom stereocenters. The van der Waals surface area contributed by atoms with E-state index in [1.165, 1.54) is 57.8 Å². The van der Waals surface area contributed by atoms with Crippen molar-refractivity contribution in [3.63, 3.8) is 0 Å². The molecule has 4 nitrogen and oxygen atoms in total. The molecule has 27 heavy (non-hydrogen) atoms. The van der Waals surface area contributed by atoms with Crippen LogP contribution in [-0.2, 0) is 14.3 Å². The second-order valence-corrected chi connectivity index (χ2v) is 8.59. The van der Waals surface area contributed by atoms with E-state index in [0.717, 1.165) is 31.6 Å². The summed E-state index contributed by atoms with van der Waals surface area (Å²) in [6.45, 7) is 5.04.